The molecule has 1 saturated carbocycles. The fourth-order valence-corrected chi connectivity index (χ4v) is 2.61. The molecule has 1 aliphatic rings. The number of rotatable bonds is 4. The van der Waals surface area contributed by atoms with Crippen LogP contribution >= 0.6 is 0 Å². The van der Waals surface area contributed by atoms with Crippen LogP contribution in [0.5, 0.6) is 0 Å². The van der Waals surface area contributed by atoms with E-state index in [2.05, 4.69) is 11.6 Å². The molecule has 0 amide bonds. The maximum atomic E-state index is 11.6. The molecule has 3 heteroatoms. The molecule has 1 N–H and O–H groups in total. The third kappa shape index (κ3) is 3.79. The Kier molecular flexibility index (Phi) is 4.29. The summed E-state index contributed by atoms with van der Waals surface area (Å²) in [6, 6.07) is 0. The molecule has 0 bridgehead atoms. The average molecular weight is 217 g/mol. The smallest absolute Gasteiger partial charge is 0.136 e. The van der Waals surface area contributed by atoms with Crippen LogP contribution in [0.15, 0.2) is 0 Å². The average Bonchev–Trinajstić information content (AvgIpc) is 1.99. The molecule has 0 saturated heterocycles. The van der Waals surface area contributed by atoms with Gasteiger partial charge < -0.3 is 4.55 Å². The van der Waals surface area contributed by atoms with Gasteiger partial charge in [0, 0.05) is 17.9 Å². The van der Waals surface area contributed by atoms with Crippen LogP contribution in [0.4, 0.5) is 0 Å². The van der Waals surface area contributed by atoms with Gasteiger partial charge in [0.1, 0.15) is 4.75 Å². The molecule has 0 aromatic rings. The first-order chi connectivity index (χ1) is 6.39. The van der Waals surface area contributed by atoms with Crippen molar-refractivity contribution in [3.05, 3.63) is 0 Å². The molecule has 0 aromatic heterocycles. The van der Waals surface area contributed by atoms with Crippen molar-refractivity contribution in [1.29, 1.82) is 0 Å². The second-order valence-corrected chi connectivity index (χ2v) is 7.56. The second kappa shape index (κ2) is 4.86. The van der Waals surface area contributed by atoms with Gasteiger partial charge in [-0.2, -0.15) is 0 Å². The molecule has 1 unspecified atom stereocenters. The van der Waals surface area contributed by atoms with Crippen molar-refractivity contribution in [2.75, 3.05) is 6.54 Å². The van der Waals surface area contributed by atoms with Crippen molar-refractivity contribution in [2.45, 2.75) is 51.7 Å². The highest BCUT2D eigenvalue weighted by atomic mass is 32.2. The Bertz CT molecular complexity index is 173. The summed E-state index contributed by atoms with van der Waals surface area (Å²) in [7, 11) is 0. The van der Waals surface area contributed by atoms with Gasteiger partial charge in [-0.3, -0.25) is 0 Å². The zero-order valence-electron chi connectivity index (χ0n) is 9.80. The minimum atomic E-state index is -0.890. The Labute approximate surface area is 91.2 Å². The van der Waals surface area contributed by atoms with Crippen LogP contribution in [0.3, 0.4) is 0 Å². The first-order valence-corrected chi connectivity index (χ1v) is 6.70. The van der Waals surface area contributed by atoms with Crippen molar-refractivity contribution < 1.29 is 4.55 Å². The van der Waals surface area contributed by atoms with E-state index in [9.17, 15) is 4.55 Å². The van der Waals surface area contributed by atoms with Crippen molar-refractivity contribution in [1.82, 2.24) is 4.72 Å². The third-order valence-corrected chi connectivity index (χ3v) is 4.39. The van der Waals surface area contributed by atoms with Crippen molar-refractivity contribution in [3.8, 4) is 0 Å². The lowest BCUT2D eigenvalue weighted by Crippen LogP contribution is -2.40. The van der Waals surface area contributed by atoms with Crippen molar-refractivity contribution in [3.63, 3.8) is 0 Å². The monoisotopic (exact) mass is 217 g/mol. The lowest BCUT2D eigenvalue weighted by molar-refractivity contribution is 0.201. The summed E-state index contributed by atoms with van der Waals surface area (Å²) in [6.07, 6.45) is 3.92. The van der Waals surface area contributed by atoms with Gasteiger partial charge in [-0.25, -0.2) is 0 Å². The van der Waals surface area contributed by atoms with Crippen LogP contribution in [-0.4, -0.2) is 15.8 Å². The summed E-state index contributed by atoms with van der Waals surface area (Å²) in [5.74, 6) is 1.81. The third-order valence-electron chi connectivity index (χ3n) is 2.81. The van der Waals surface area contributed by atoms with Crippen molar-refractivity contribution >= 4 is 11.4 Å². The summed E-state index contributed by atoms with van der Waals surface area (Å²) in [5, 5.41) is 0. The molecule has 14 heavy (non-hydrogen) atoms. The highest BCUT2D eigenvalue weighted by Gasteiger charge is 2.28. The minimum Gasteiger partial charge on any atom is -0.598 e. The molecular weight excluding hydrogens is 194 g/mol. The van der Waals surface area contributed by atoms with E-state index in [-0.39, 0.29) is 4.75 Å². The summed E-state index contributed by atoms with van der Waals surface area (Å²) in [4.78, 5) is 0. The van der Waals surface area contributed by atoms with Crippen molar-refractivity contribution in [2.24, 2.45) is 11.8 Å². The predicted octanol–water partition coefficient (Wildman–Crippen LogP) is 2.47. The van der Waals surface area contributed by atoms with E-state index in [0.29, 0.717) is 0 Å². The van der Waals surface area contributed by atoms with E-state index in [1.807, 2.05) is 20.8 Å². The molecule has 0 aromatic carbocycles. The van der Waals surface area contributed by atoms with Gasteiger partial charge in [0.25, 0.3) is 0 Å². The Morgan fingerprint density at radius 1 is 1.36 bits per heavy atom. The van der Waals surface area contributed by atoms with Gasteiger partial charge >= 0.3 is 0 Å². The fourth-order valence-electron chi connectivity index (χ4n) is 1.88. The summed E-state index contributed by atoms with van der Waals surface area (Å²) >= 11 is -0.890. The lowest BCUT2D eigenvalue weighted by atomic mass is 9.74. The molecule has 1 fully saturated rings. The Hall–Kier alpha value is 0.270. The summed E-state index contributed by atoms with van der Waals surface area (Å²) in [6.45, 7) is 9.21. The largest absolute Gasteiger partial charge is 0.598 e. The molecule has 0 heterocycles. The standard InChI is InChI=1S/C11H23NOS/c1-9-7-10(8-9)5-6-12-14(13)11(2,3)4/h9-10,12H,5-8H2,1-4H3. The van der Waals surface area contributed by atoms with Crippen LogP contribution in [0.1, 0.15) is 47.0 Å². The Morgan fingerprint density at radius 3 is 2.36 bits per heavy atom. The van der Waals surface area contributed by atoms with Gasteiger partial charge in [-0.15, -0.1) is 4.72 Å². The van der Waals surface area contributed by atoms with E-state index in [1.54, 1.807) is 0 Å². The lowest BCUT2D eigenvalue weighted by Gasteiger charge is -2.33. The fraction of sp³-hybridized carbons (Fsp3) is 1.00. The van der Waals surface area contributed by atoms with Crippen LogP contribution in [0.25, 0.3) is 0 Å². The Morgan fingerprint density at radius 2 is 1.93 bits per heavy atom. The predicted molar refractivity (Wildman–Crippen MR) is 62.4 cm³/mol. The maximum absolute atomic E-state index is 11.6. The van der Waals surface area contributed by atoms with E-state index >= 15 is 0 Å². The number of hydrogen-bond acceptors (Lipinski definition) is 2. The molecule has 2 nitrogen and oxygen atoms in total. The molecule has 1 aliphatic carbocycles. The number of hydrogen-bond donors (Lipinski definition) is 1. The molecule has 0 aliphatic heterocycles. The van der Waals surface area contributed by atoms with Crippen LogP contribution in [-0.2, 0) is 11.4 Å². The number of nitrogens with one attached hydrogen (secondary N) is 1. The molecule has 84 valence electrons. The summed E-state index contributed by atoms with van der Waals surface area (Å²) < 4.78 is 14.6. The Balaban J connectivity index is 2.04. The van der Waals surface area contributed by atoms with E-state index in [1.165, 1.54) is 19.3 Å². The SMILES string of the molecule is CC1CC(CCN[S+]([O-])C(C)(C)C)C1. The normalized spacial score (nSPS) is 29.8. The molecule has 1 rings (SSSR count). The molecule has 0 radical (unpaired) electrons. The minimum absolute atomic E-state index is 0.132. The summed E-state index contributed by atoms with van der Waals surface area (Å²) in [5.41, 5.74) is 0. The zero-order chi connectivity index (χ0) is 10.8. The highest BCUT2D eigenvalue weighted by Crippen LogP contribution is 2.35. The molecule has 1 atom stereocenters. The zero-order valence-corrected chi connectivity index (χ0v) is 10.6. The van der Waals surface area contributed by atoms with Crippen LogP contribution in [0, 0.1) is 11.8 Å². The van der Waals surface area contributed by atoms with Gasteiger partial charge in [-0.1, -0.05) is 6.92 Å². The molecular formula is C11H23NOS. The topological polar surface area (TPSA) is 35.1 Å². The molecule has 0 spiro atoms. The van der Waals surface area contributed by atoms with Crippen LogP contribution in [0.2, 0.25) is 0 Å². The van der Waals surface area contributed by atoms with E-state index in [4.69, 9.17) is 0 Å². The van der Waals surface area contributed by atoms with Crippen LogP contribution < -0.4 is 4.72 Å². The van der Waals surface area contributed by atoms with E-state index < -0.39 is 11.4 Å². The van der Waals surface area contributed by atoms with Gasteiger partial charge in [-0.05, 0) is 51.9 Å². The first-order valence-electron chi connectivity index (χ1n) is 5.55. The van der Waals surface area contributed by atoms with Gasteiger partial charge in [0.15, 0.2) is 0 Å². The quantitative estimate of drug-likeness (QED) is 0.734. The van der Waals surface area contributed by atoms with Gasteiger partial charge in [0.05, 0.1) is 0 Å². The first kappa shape index (κ1) is 12.3. The van der Waals surface area contributed by atoms with E-state index in [0.717, 1.165) is 18.4 Å². The second-order valence-electron chi connectivity index (χ2n) is 5.51. The highest BCUT2D eigenvalue weighted by molar-refractivity contribution is 7.90. The maximum Gasteiger partial charge on any atom is 0.136 e. The van der Waals surface area contributed by atoms with Gasteiger partial charge in [0.2, 0.25) is 0 Å².